The first kappa shape index (κ1) is 17.1. The van der Waals surface area contributed by atoms with E-state index in [4.69, 9.17) is 24.9 Å². The molecule has 0 radical (unpaired) electrons. The van der Waals surface area contributed by atoms with Crippen molar-refractivity contribution in [2.24, 2.45) is 0 Å². The van der Waals surface area contributed by atoms with Crippen LogP contribution in [0.4, 0.5) is 0 Å². The molecule has 0 unspecified atom stereocenters. The van der Waals surface area contributed by atoms with Gasteiger partial charge in [-0.2, -0.15) is 0 Å². The number of H-pyrrole nitrogens is 1. The SMILES string of the molecule is CC(=O)[O-].CC(=O)[O-].O=c1[nH]cnc2cc(O)ccc12. The molecule has 0 fully saturated rings. The first-order valence-electron chi connectivity index (χ1n) is 5.25. The topological polar surface area (TPSA) is 146 Å². The van der Waals surface area contributed by atoms with E-state index in [0.29, 0.717) is 10.9 Å². The highest BCUT2D eigenvalue weighted by Crippen LogP contribution is 2.13. The number of hydrogen-bond donors (Lipinski definition) is 2. The van der Waals surface area contributed by atoms with E-state index >= 15 is 0 Å². The number of nitrogens with zero attached hydrogens (tertiary/aromatic N) is 1. The van der Waals surface area contributed by atoms with Crippen LogP contribution in [0.3, 0.4) is 0 Å². The molecule has 0 saturated carbocycles. The second kappa shape index (κ2) is 8.25. The van der Waals surface area contributed by atoms with Crippen molar-refractivity contribution in [3.05, 3.63) is 34.9 Å². The van der Waals surface area contributed by atoms with Gasteiger partial charge in [0.25, 0.3) is 5.56 Å². The fourth-order valence-electron chi connectivity index (χ4n) is 1.06. The molecule has 8 nitrogen and oxygen atoms in total. The number of fused-ring (bicyclic) bond motifs is 1. The number of carboxylic acid groups (broad SMARTS) is 2. The maximum Gasteiger partial charge on any atom is 0.258 e. The van der Waals surface area contributed by atoms with E-state index in [1.54, 1.807) is 0 Å². The van der Waals surface area contributed by atoms with Crippen molar-refractivity contribution in [2.45, 2.75) is 13.8 Å². The molecule has 2 rings (SSSR count). The van der Waals surface area contributed by atoms with Crippen molar-refractivity contribution in [1.82, 2.24) is 9.97 Å². The Morgan fingerprint density at radius 3 is 2.20 bits per heavy atom. The lowest BCUT2D eigenvalue weighted by Gasteiger charge is -1.94. The number of phenolic OH excluding ortho intramolecular Hbond substituents is 1. The smallest absolute Gasteiger partial charge is 0.258 e. The van der Waals surface area contributed by atoms with Gasteiger partial charge in [-0.15, -0.1) is 0 Å². The number of phenols is 1. The predicted molar refractivity (Wildman–Crippen MR) is 65.4 cm³/mol. The number of aromatic nitrogens is 2. The van der Waals surface area contributed by atoms with Gasteiger partial charge >= 0.3 is 0 Å². The van der Waals surface area contributed by atoms with Crippen LogP contribution in [0.1, 0.15) is 13.8 Å². The Labute approximate surface area is 113 Å². The average Bonchev–Trinajstić information content (AvgIpc) is 2.27. The monoisotopic (exact) mass is 280 g/mol. The van der Waals surface area contributed by atoms with Crippen LogP contribution in [0, 0.1) is 0 Å². The second-order valence-corrected chi connectivity index (χ2v) is 3.42. The molecule has 0 bridgehead atoms. The number of carboxylic acids is 2. The normalized spacial score (nSPS) is 8.70. The number of rotatable bonds is 0. The lowest BCUT2D eigenvalue weighted by Crippen LogP contribution is -2.16. The van der Waals surface area contributed by atoms with E-state index < -0.39 is 11.9 Å². The molecular weight excluding hydrogens is 268 g/mol. The summed E-state index contributed by atoms with van der Waals surface area (Å²) in [5.41, 5.74) is 0.304. The van der Waals surface area contributed by atoms with E-state index in [1.807, 2.05) is 0 Å². The molecule has 1 aromatic carbocycles. The van der Waals surface area contributed by atoms with E-state index in [-0.39, 0.29) is 11.3 Å². The molecule has 0 aliphatic rings. The summed E-state index contributed by atoms with van der Waals surface area (Å²) in [6.07, 6.45) is 1.31. The van der Waals surface area contributed by atoms with Gasteiger partial charge in [0.2, 0.25) is 0 Å². The van der Waals surface area contributed by atoms with Crippen LogP contribution < -0.4 is 15.8 Å². The van der Waals surface area contributed by atoms with Gasteiger partial charge in [-0.05, 0) is 26.0 Å². The maximum absolute atomic E-state index is 11.1. The molecule has 0 atom stereocenters. The van der Waals surface area contributed by atoms with Gasteiger partial charge in [-0.1, -0.05) is 0 Å². The minimum absolute atomic E-state index is 0.112. The van der Waals surface area contributed by atoms with Crippen molar-refractivity contribution in [3.8, 4) is 5.75 Å². The van der Waals surface area contributed by atoms with E-state index in [9.17, 15) is 4.79 Å². The molecule has 0 amide bonds. The van der Waals surface area contributed by atoms with E-state index in [1.165, 1.54) is 24.5 Å². The van der Waals surface area contributed by atoms with Gasteiger partial charge in [-0.25, -0.2) is 4.98 Å². The molecule has 8 heteroatoms. The molecule has 1 heterocycles. The molecular formula is C12H12N2O6-2. The standard InChI is InChI=1S/C8H6N2O2.2C2H4O2/c11-5-1-2-6-7(3-5)9-4-10-8(6)12;2*1-2(3)4/h1-4,11H,(H,9,10,12);2*1H3,(H,3,4)/p-2. The molecule has 2 aromatic rings. The maximum atomic E-state index is 11.1. The summed E-state index contributed by atoms with van der Waals surface area (Å²) < 4.78 is 0. The summed E-state index contributed by atoms with van der Waals surface area (Å²) in [5.74, 6) is -2.05. The first-order chi connectivity index (χ1) is 9.23. The van der Waals surface area contributed by atoms with Gasteiger partial charge in [0.1, 0.15) is 5.75 Å². The minimum atomic E-state index is -1.08. The third kappa shape index (κ3) is 7.43. The van der Waals surface area contributed by atoms with Crippen molar-refractivity contribution in [1.29, 1.82) is 0 Å². The third-order valence-corrected chi connectivity index (χ3v) is 1.63. The van der Waals surface area contributed by atoms with Crippen LogP contribution in [0.5, 0.6) is 5.75 Å². The van der Waals surface area contributed by atoms with E-state index in [2.05, 4.69) is 9.97 Å². The lowest BCUT2D eigenvalue weighted by molar-refractivity contribution is -0.303. The molecule has 2 N–H and O–H groups in total. The van der Waals surface area contributed by atoms with Gasteiger partial charge in [-0.3, -0.25) is 4.79 Å². The number of aliphatic carboxylic acids is 2. The number of benzene rings is 1. The Bertz CT molecular complexity index is 630. The summed E-state index contributed by atoms with van der Waals surface area (Å²) in [5, 5.41) is 27.3. The molecule has 0 spiro atoms. The second-order valence-electron chi connectivity index (χ2n) is 3.42. The zero-order valence-corrected chi connectivity index (χ0v) is 10.7. The fourth-order valence-corrected chi connectivity index (χ4v) is 1.06. The number of aromatic hydroxyl groups is 1. The van der Waals surface area contributed by atoms with Crippen molar-refractivity contribution >= 4 is 22.8 Å². The molecule has 20 heavy (non-hydrogen) atoms. The molecule has 0 aliphatic heterocycles. The summed E-state index contributed by atoms with van der Waals surface area (Å²) >= 11 is 0. The van der Waals surface area contributed by atoms with Crippen LogP contribution in [-0.4, -0.2) is 27.0 Å². The Hall–Kier alpha value is -2.90. The lowest BCUT2D eigenvalue weighted by atomic mass is 10.2. The van der Waals surface area contributed by atoms with E-state index in [0.717, 1.165) is 13.8 Å². The Morgan fingerprint density at radius 1 is 1.20 bits per heavy atom. The fraction of sp³-hybridized carbons (Fsp3) is 0.167. The highest BCUT2D eigenvalue weighted by Gasteiger charge is 1.98. The average molecular weight is 280 g/mol. The number of nitrogens with one attached hydrogen (secondary N) is 1. The van der Waals surface area contributed by atoms with Crippen molar-refractivity contribution in [3.63, 3.8) is 0 Å². The van der Waals surface area contributed by atoms with Crippen LogP contribution in [0.2, 0.25) is 0 Å². The van der Waals surface area contributed by atoms with Crippen LogP contribution in [-0.2, 0) is 9.59 Å². The summed E-state index contributed by atoms with van der Waals surface area (Å²) in [6, 6.07) is 4.44. The molecule has 108 valence electrons. The summed E-state index contributed by atoms with van der Waals surface area (Å²) in [6.45, 7) is 1.94. The number of carbonyl (C=O) groups excluding carboxylic acids is 2. The van der Waals surface area contributed by atoms with Crippen LogP contribution >= 0.6 is 0 Å². The number of carbonyl (C=O) groups is 2. The van der Waals surface area contributed by atoms with Gasteiger partial charge < -0.3 is 29.9 Å². The molecule has 0 saturated heterocycles. The summed E-state index contributed by atoms with van der Waals surface area (Å²) in [7, 11) is 0. The predicted octanol–water partition coefficient (Wildman–Crippen LogP) is -1.86. The number of hydrogen-bond acceptors (Lipinski definition) is 7. The van der Waals surface area contributed by atoms with Gasteiger partial charge in [0.15, 0.2) is 0 Å². The van der Waals surface area contributed by atoms with Crippen molar-refractivity contribution < 1.29 is 24.9 Å². The Morgan fingerprint density at radius 2 is 1.70 bits per heavy atom. The Balaban J connectivity index is 0.000000380. The van der Waals surface area contributed by atoms with Crippen LogP contribution in [0.15, 0.2) is 29.3 Å². The zero-order chi connectivity index (χ0) is 15.7. The minimum Gasteiger partial charge on any atom is -0.550 e. The van der Waals surface area contributed by atoms with Gasteiger partial charge in [0.05, 0.1) is 17.2 Å². The summed E-state index contributed by atoms with van der Waals surface area (Å²) in [4.78, 5) is 35.2. The largest absolute Gasteiger partial charge is 0.550 e. The quantitative estimate of drug-likeness (QED) is 0.575. The highest BCUT2D eigenvalue weighted by atomic mass is 16.4. The molecule has 1 aromatic heterocycles. The number of aromatic amines is 1. The molecule has 0 aliphatic carbocycles. The zero-order valence-electron chi connectivity index (χ0n) is 10.7. The van der Waals surface area contributed by atoms with Crippen molar-refractivity contribution in [2.75, 3.05) is 0 Å². The Kier molecular flexibility index (Phi) is 7.05. The van der Waals surface area contributed by atoms with Crippen LogP contribution in [0.25, 0.3) is 10.9 Å². The van der Waals surface area contributed by atoms with Gasteiger partial charge in [0, 0.05) is 18.0 Å². The highest BCUT2D eigenvalue weighted by molar-refractivity contribution is 5.78. The first-order valence-corrected chi connectivity index (χ1v) is 5.25. The third-order valence-electron chi connectivity index (χ3n) is 1.63.